The first-order chi connectivity index (χ1) is 12.5. The molecule has 0 aliphatic carbocycles. The minimum atomic E-state index is -3.55. The molecule has 1 aromatic carbocycles. The van der Waals surface area contributed by atoms with E-state index >= 15 is 0 Å². The summed E-state index contributed by atoms with van der Waals surface area (Å²) in [7, 11) is -3.55. The lowest BCUT2D eigenvalue weighted by molar-refractivity contribution is -0.119. The molecule has 0 bridgehead atoms. The molecule has 0 spiro atoms. The zero-order valence-electron chi connectivity index (χ0n) is 14.9. The van der Waals surface area contributed by atoms with Gasteiger partial charge >= 0.3 is 0 Å². The van der Waals surface area contributed by atoms with E-state index in [1.807, 2.05) is 4.90 Å². The molecule has 1 aromatic rings. The van der Waals surface area contributed by atoms with Gasteiger partial charge in [0.15, 0.2) is 0 Å². The fourth-order valence-electron chi connectivity index (χ4n) is 4.02. The summed E-state index contributed by atoms with van der Waals surface area (Å²) < 4.78 is 33.5. The summed E-state index contributed by atoms with van der Waals surface area (Å²) in [5.41, 5.74) is 2.92. The highest BCUT2D eigenvalue weighted by molar-refractivity contribution is 7.89. The predicted molar refractivity (Wildman–Crippen MR) is 97.9 cm³/mol. The molecule has 1 fully saturated rings. The number of carbonyl (C=O) groups excluding carboxylic acids is 1. The molecule has 0 aromatic heterocycles. The quantitative estimate of drug-likeness (QED) is 0.807. The number of aryl methyl sites for hydroxylation is 2. The Morgan fingerprint density at radius 2 is 1.77 bits per heavy atom. The fourth-order valence-corrected chi connectivity index (χ4v) is 5.14. The Morgan fingerprint density at radius 3 is 2.54 bits per heavy atom. The number of amides is 1. The average Bonchev–Trinajstić information content (AvgIpc) is 2.65. The number of nitrogens with zero attached hydrogens (tertiary/aromatic N) is 2. The van der Waals surface area contributed by atoms with Crippen molar-refractivity contribution in [2.75, 3.05) is 50.8 Å². The first-order valence-corrected chi connectivity index (χ1v) is 10.8. The summed E-state index contributed by atoms with van der Waals surface area (Å²) in [4.78, 5) is 16.5. The molecule has 142 valence electrons. The Bertz CT molecular complexity index is 786. The van der Waals surface area contributed by atoms with Crippen LogP contribution >= 0.6 is 0 Å². The topological polar surface area (TPSA) is 79.0 Å². The highest BCUT2D eigenvalue weighted by atomic mass is 32.2. The molecule has 8 heteroatoms. The van der Waals surface area contributed by atoms with Crippen molar-refractivity contribution >= 4 is 21.6 Å². The third-order valence-corrected chi connectivity index (χ3v) is 6.82. The van der Waals surface area contributed by atoms with Crippen molar-refractivity contribution < 1.29 is 17.9 Å². The van der Waals surface area contributed by atoms with Crippen molar-refractivity contribution in [2.24, 2.45) is 0 Å². The average molecular weight is 379 g/mol. The van der Waals surface area contributed by atoms with Gasteiger partial charge in [0.05, 0.1) is 23.8 Å². The van der Waals surface area contributed by atoms with Crippen molar-refractivity contribution in [3.63, 3.8) is 0 Å². The van der Waals surface area contributed by atoms with Crippen molar-refractivity contribution in [2.45, 2.75) is 30.6 Å². The molecule has 0 unspecified atom stereocenters. The monoisotopic (exact) mass is 379 g/mol. The van der Waals surface area contributed by atoms with E-state index in [-0.39, 0.29) is 5.91 Å². The van der Waals surface area contributed by atoms with Crippen molar-refractivity contribution in [3.05, 3.63) is 23.3 Å². The Kier molecular flexibility index (Phi) is 5.00. The molecule has 26 heavy (non-hydrogen) atoms. The van der Waals surface area contributed by atoms with Gasteiger partial charge in [0.1, 0.15) is 0 Å². The van der Waals surface area contributed by atoms with Crippen LogP contribution in [0, 0.1) is 0 Å². The molecule has 7 nitrogen and oxygen atoms in total. The molecule has 1 amide bonds. The molecule has 0 atom stereocenters. The summed E-state index contributed by atoms with van der Waals surface area (Å²) in [6, 6.07) is 3.50. The van der Waals surface area contributed by atoms with Crippen LogP contribution in [0.4, 0.5) is 5.69 Å². The molecule has 1 N–H and O–H groups in total. The van der Waals surface area contributed by atoms with Crippen LogP contribution in [0.2, 0.25) is 0 Å². The van der Waals surface area contributed by atoms with Crippen LogP contribution in [0.25, 0.3) is 0 Å². The van der Waals surface area contributed by atoms with E-state index in [1.165, 1.54) is 0 Å². The van der Waals surface area contributed by atoms with Gasteiger partial charge in [-0.05, 0) is 42.5 Å². The zero-order chi connectivity index (χ0) is 18.1. The number of nitrogens with one attached hydrogen (secondary N) is 1. The molecular weight excluding hydrogens is 354 g/mol. The van der Waals surface area contributed by atoms with E-state index in [0.717, 1.165) is 49.3 Å². The number of hydrogen-bond donors (Lipinski definition) is 1. The summed E-state index contributed by atoms with van der Waals surface area (Å²) in [5.74, 6) is 0.151. The van der Waals surface area contributed by atoms with Crippen molar-refractivity contribution in [3.8, 4) is 0 Å². The second-order valence-corrected chi connectivity index (χ2v) is 8.86. The van der Waals surface area contributed by atoms with E-state index in [1.54, 1.807) is 12.1 Å². The molecule has 3 aliphatic rings. The van der Waals surface area contributed by atoms with Gasteiger partial charge < -0.3 is 9.64 Å². The SMILES string of the molecule is O=C1CCc2cc(S(=O)(=O)NCCN3CCOCC3)cc3c2N1CCC3. The van der Waals surface area contributed by atoms with Gasteiger partial charge in [-0.15, -0.1) is 0 Å². The first kappa shape index (κ1) is 17.9. The Hall–Kier alpha value is -1.48. The van der Waals surface area contributed by atoms with Gasteiger partial charge in [0.25, 0.3) is 0 Å². The van der Waals surface area contributed by atoms with Crippen LogP contribution in [0.3, 0.4) is 0 Å². The molecule has 0 radical (unpaired) electrons. The maximum absolute atomic E-state index is 12.8. The van der Waals surface area contributed by atoms with Crippen LogP contribution in [0.5, 0.6) is 0 Å². The van der Waals surface area contributed by atoms with Gasteiger partial charge in [-0.3, -0.25) is 9.69 Å². The molecule has 4 rings (SSSR count). The largest absolute Gasteiger partial charge is 0.379 e. The second kappa shape index (κ2) is 7.26. The molecule has 1 saturated heterocycles. The minimum absolute atomic E-state index is 0.151. The van der Waals surface area contributed by atoms with Crippen molar-refractivity contribution in [1.82, 2.24) is 9.62 Å². The summed E-state index contributed by atoms with van der Waals surface area (Å²) >= 11 is 0. The number of rotatable bonds is 5. The highest BCUT2D eigenvalue weighted by Gasteiger charge is 2.31. The van der Waals surface area contributed by atoms with Crippen LogP contribution in [0.15, 0.2) is 17.0 Å². The zero-order valence-corrected chi connectivity index (χ0v) is 15.7. The maximum atomic E-state index is 12.8. The third-order valence-electron chi connectivity index (χ3n) is 5.38. The number of anilines is 1. The Morgan fingerprint density at radius 1 is 1.04 bits per heavy atom. The highest BCUT2D eigenvalue weighted by Crippen LogP contribution is 2.37. The number of morpholine rings is 1. The predicted octanol–water partition coefficient (Wildman–Crippen LogP) is 0.523. The lowest BCUT2D eigenvalue weighted by atomic mass is 9.92. The molecule has 0 saturated carbocycles. The van der Waals surface area contributed by atoms with Crippen LogP contribution in [0.1, 0.15) is 24.0 Å². The minimum Gasteiger partial charge on any atom is -0.379 e. The van der Waals surface area contributed by atoms with Gasteiger partial charge in [-0.25, -0.2) is 13.1 Å². The van der Waals surface area contributed by atoms with Crippen molar-refractivity contribution in [1.29, 1.82) is 0 Å². The number of sulfonamides is 1. The van der Waals surface area contributed by atoms with Gasteiger partial charge in [0, 0.05) is 39.1 Å². The van der Waals surface area contributed by atoms with Crippen LogP contribution in [-0.2, 0) is 32.4 Å². The van der Waals surface area contributed by atoms with Crippen LogP contribution < -0.4 is 9.62 Å². The third kappa shape index (κ3) is 3.51. The Balaban J connectivity index is 1.51. The summed E-state index contributed by atoms with van der Waals surface area (Å²) in [6.07, 6.45) is 2.78. The lowest BCUT2D eigenvalue weighted by Crippen LogP contribution is -2.41. The van der Waals surface area contributed by atoms with Gasteiger partial charge in [-0.2, -0.15) is 0 Å². The summed E-state index contributed by atoms with van der Waals surface area (Å²) in [6.45, 7) is 4.90. The van der Waals surface area contributed by atoms with Crippen LogP contribution in [-0.4, -0.2) is 65.2 Å². The van der Waals surface area contributed by atoms with E-state index < -0.39 is 10.0 Å². The number of ether oxygens (including phenoxy) is 1. The second-order valence-electron chi connectivity index (χ2n) is 7.09. The molecule has 3 aliphatic heterocycles. The van der Waals surface area contributed by atoms with Gasteiger partial charge in [-0.1, -0.05) is 0 Å². The number of hydrogen-bond acceptors (Lipinski definition) is 5. The maximum Gasteiger partial charge on any atom is 0.240 e. The fraction of sp³-hybridized carbons (Fsp3) is 0.611. The first-order valence-electron chi connectivity index (χ1n) is 9.30. The smallest absolute Gasteiger partial charge is 0.240 e. The molecular formula is C18H25N3O4S. The van der Waals surface area contributed by atoms with E-state index in [2.05, 4.69) is 9.62 Å². The molecule has 3 heterocycles. The van der Waals surface area contributed by atoms with Gasteiger partial charge in [0.2, 0.25) is 15.9 Å². The van der Waals surface area contributed by atoms with E-state index in [4.69, 9.17) is 4.74 Å². The standard InChI is InChI=1S/C18H25N3O4S/c22-17-4-3-15-13-16(12-14-2-1-6-21(17)18(14)15)26(23,24)19-5-7-20-8-10-25-11-9-20/h12-13,19H,1-11H2. The lowest BCUT2D eigenvalue weighted by Gasteiger charge is -2.35. The Labute approximate surface area is 154 Å². The number of carbonyl (C=O) groups is 1. The van der Waals surface area contributed by atoms with E-state index in [0.29, 0.717) is 44.0 Å². The summed E-state index contributed by atoms with van der Waals surface area (Å²) in [5, 5.41) is 0. The number of benzene rings is 1. The normalized spacial score (nSPS) is 20.9. The van der Waals surface area contributed by atoms with E-state index in [9.17, 15) is 13.2 Å².